The highest BCUT2D eigenvalue weighted by Crippen LogP contribution is 1.91. The maximum Gasteiger partial charge on any atom is 0.267 e. The Morgan fingerprint density at radius 1 is 1.69 bits per heavy atom. The monoisotopic (exact) mass is 194 g/mol. The lowest BCUT2D eigenvalue weighted by atomic mass is 10.3. The highest BCUT2D eigenvalue weighted by atomic mass is 32.1. The van der Waals surface area contributed by atoms with Gasteiger partial charge >= 0.3 is 0 Å². The quantitative estimate of drug-likeness (QED) is 0.540. The summed E-state index contributed by atoms with van der Waals surface area (Å²) in [5.74, 6) is 5.40. The van der Waals surface area contributed by atoms with Gasteiger partial charge in [-0.15, -0.1) is 5.92 Å². The van der Waals surface area contributed by atoms with Crippen LogP contribution in [0, 0.1) is 16.6 Å². The van der Waals surface area contributed by atoms with Crippen molar-refractivity contribution >= 4 is 12.2 Å². The third-order valence-electron chi connectivity index (χ3n) is 1.61. The predicted octanol–water partition coefficient (Wildman–Crippen LogP) is 1.30. The van der Waals surface area contributed by atoms with Crippen molar-refractivity contribution in [3.63, 3.8) is 0 Å². The van der Waals surface area contributed by atoms with Gasteiger partial charge in [-0.2, -0.15) is 0 Å². The zero-order valence-electron chi connectivity index (χ0n) is 7.55. The molecule has 1 N–H and O–H groups in total. The van der Waals surface area contributed by atoms with Gasteiger partial charge in [0.25, 0.3) is 5.56 Å². The van der Waals surface area contributed by atoms with E-state index in [2.05, 4.69) is 16.8 Å². The third kappa shape index (κ3) is 2.07. The van der Waals surface area contributed by atoms with Crippen LogP contribution >= 0.6 is 12.2 Å². The second kappa shape index (κ2) is 4.06. The minimum absolute atomic E-state index is 0.218. The summed E-state index contributed by atoms with van der Waals surface area (Å²) in [4.78, 5) is 13.8. The Balaban J connectivity index is 3.45. The second-order valence-corrected chi connectivity index (χ2v) is 2.85. The first-order valence-corrected chi connectivity index (χ1v) is 4.36. The molecule has 1 aromatic heterocycles. The van der Waals surface area contributed by atoms with E-state index in [0.29, 0.717) is 10.3 Å². The largest absolute Gasteiger partial charge is 0.324 e. The number of hydrogen-bond acceptors (Lipinski definition) is 2. The van der Waals surface area contributed by atoms with Gasteiger partial charge in [0, 0.05) is 12.7 Å². The number of nitrogens with zero attached hydrogens (tertiary/aromatic N) is 1. The van der Waals surface area contributed by atoms with Crippen LogP contribution in [0.25, 0.3) is 0 Å². The second-order valence-electron chi connectivity index (χ2n) is 2.46. The summed E-state index contributed by atoms with van der Waals surface area (Å²) in [7, 11) is 0. The molecule has 1 rings (SSSR count). The number of H-pyrrole nitrogens is 1. The van der Waals surface area contributed by atoms with Gasteiger partial charge in [0.15, 0.2) is 4.77 Å². The Morgan fingerprint density at radius 3 is 2.92 bits per heavy atom. The molecule has 1 aromatic rings. The Kier molecular flexibility index (Phi) is 3.04. The molecular weight excluding hydrogens is 184 g/mol. The topological polar surface area (TPSA) is 37.8 Å². The summed E-state index contributed by atoms with van der Waals surface area (Å²) in [5, 5.41) is 0. The van der Waals surface area contributed by atoms with Gasteiger partial charge in [-0.1, -0.05) is 5.92 Å². The number of aromatic amines is 1. The highest BCUT2D eigenvalue weighted by molar-refractivity contribution is 7.71. The number of rotatable bonds is 1. The molecule has 0 amide bonds. The van der Waals surface area contributed by atoms with Gasteiger partial charge in [0.05, 0.1) is 0 Å². The van der Waals surface area contributed by atoms with E-state index in [1.54, 1.807) is 17.7 Å². The average Bonchev–Trinajstić information content (AvgIpc) is 2.10. The molecule has 0 saturated heterocycles. The molecule has 0 spiro atoms. The van der Waals surface area contributed by atoms with Crippen molar-refractivity contribution in [2.45, 2.75) is 20.4 Å². The Bertz CT molecular complexity index is 473. The summed E-state index contributed by atoms with van der Waals surface area (Å²) in [6.45, 7) is 4.38. The van der Waals surface area contributed by atoms with E-state index in [9.17, 15) is 4.79 Å². The maximum atomic E-state index is 11.3. The van der Waals surface area contributed by atoms with Crippen molar-refractivity contribution < 1.29 is 0 Å². The molecule has 13 heavy (non-hydrogen) atoms. The molecule has 0 aromatic carbocycles. The van der Waals surface area contributed by atoms with Crippen molar-refractivity contribution in [3.8, 4) is 11.8 Å². The van der Waals surface area contributed by atoms with Gasteiger partial charge in [0.2, 0.25) is 0 Å². The first-order chi connectivity index (χ1) is 6.19. The average molecular weight is 194 g/mol. The molecule has 68 valence electrons. The molecule has 0 fully saturated rings. The lowest BCUT2D eigenvalue weighted by Gasteiger charge is -2.01. The van der Waals surface area contributed by atoms with Gasteiger partial charge in [-0.05, 0) is 26.1 Å². The molecule has 0 atom stereocenters. The Labute approximate surface area is 81.4 Å². The van der Waals surface area contributed by atoms with Gasteiger partial charge in [0.1, 0.15) is 5.56 Å². The molecule has 0 aliphatic rings. The van der Waals surface area contributed by atoms with E-state index in [1.165, 1.54) is 0 Å². The summed E-state index contributed by atoms with van der Waals surface area (Å²) in [6, 6.07) is 0. The fourth-order valence-corrected chi connectivity index (χ4v) is 1.24. The standard InChI is InChI=1S/C9H10N2OS/c1-3-5-7-6-11(4-2)9(13)10-8(7)12/h6H,4H2,1-2H3,(H,10,12,13). The third-order valence-corrected chi connectivity index (χ3v) is 1.95. The van der Waals surface area contributed by atoms with Crippen LogP contribution in [0.15, 0.2) is 11.0 Å². The number of nitrogens with one attached hydrogen (secondary N) is 1. The van der Waals surface area contributed by atoms with Crippen molar-refractivity contribution in [2.24, 2.45) is 0 Å². The smallest absolute Gasteiger partial charge is 0.267 e. The van der Waals surface area contributed by atoms with Crippen LogP contribution in [0.5, 0.6) is 0 Å². The zero-order chi connectivity index (χ0) is 9.84. The fraction of sp³-hybridized carbons (Fsp3) is 0.333. The van der Waals surface area contributed by atoms with E-state index in [0.717, 1.165) is 6.54 Å². The van der Waals surface area contributed by atoms with E-state index in [-0.39, 0.29) is 5.56 Å². The molecular formula is C9H10N2OS. The molecule has 0 saturated carbocycles. The molecule has 3 nitrogen and oxygen atoms in total. The van der Waals surface area contributed by atoms with Crippen LogP contribution in [0.2, 0.25) is 0 Å². The fourth-order valence-electron chi connectivity index (χ4n) is 0.968. The number of aromatic nitrogens is 2. The van der Waals surface area contributed by atoms with Crippen LogP contribution in [0.1, 0.15) is 19.4 Å². The molecule has 0 radical (unpaired) electrons. The molecule has 0 aliphatic heterocycles. The normalized spacial score (nSPS) is 9.08. The van der Waals surface area contributed by atoms with Crippen molar-refractivity contribution in [2.75, 3.05) is 0 Å². The van der Waals surface area contributed by atoms with Gasteiger partial charge in [-0.25, -0.2) is 0 Å². The van der Waals surface area contributed by atoms with Gasteiger partial charge in [-0.3, -0.25) is 9.78 Å². The zero-order valence-corrected chi connectivity index (χ0v) is 8.36. The summed E-state index contributed by atoms with van der Waals surface area (Å²) in [5.41, 5.74) is 0.238. The first kappa shape index (κ1) is 9.75. The van der Waals surface area contributed by atoms with Crippen molar-refractivity contribution in [1.29, 1.82) is 0 Å². The SMILES string of the molecule is CC#Cc1cn(CC)c(=S)[nH]c1=O. The minimum Gasteiger partial charge on any atom is -0.324 e. The van der Waals surface area contributed by atoms with Crippen LogP contribution < -0.4 is 5.56 Å². The van der Waals surface area contributed by atoms with E-state index >= 15 is 0 Å². The van der Waals surface area contributed by atoms with Gasteiger partial charge < -0.3 is 4.57 Å². The lowest BCUT2D eigenvalue weighted by molar-refractivity contribution is 0.713. The Hall–Kier alpha value is -1.34. The number of hydrogen-bond donors (Lipinski definition) is 1. The Morgan fingerprint density at radius 2 is 2.38 bits per heavy atom. The molecule has 0 unspecified atom stereocenters. The van der Waals surface area contributed by atoms with E-state index in [1.807, 2.05) is 6.92 Å². The molecule has 0 aliphatic carbocycles. The van der Waals surface area contributed by atoms with Crippen LogP contribution in [0.4, 0.5) is 0 Å². The minimum atomic E-state index is -0.218. The highest BCUT2D eigenvalue weighted by Gasteiger charge is 1.97. The van der Waals surface area contributed by atoms with Crippen LogP contribution in [-0.2, 0) is 6.54 Å². The summed E-state index contributed by atoms with van der Waals surface area (Å²) >= 11 is 4.94. The van der Waals surface area contributed by atoms with Crippen molar-refractivity contribution in [3.05, 3.63) is 26.9 Å². The lowest BCUT2D eigenvalue weighted by Crippen LogP contribution is -2.15. The van der Waals surface area contributed by atoms with Crippen LogP contribution in [0.3, 0.4) is 0 Å². The molecule has 1 heterocycles. The number of aryl methyl sites for hydroxylation is 1. The summed E-state index contributed by atoms with van der Waals surface area (Å²) < 4.78 is 2.21. The predicted molar refractivity (Wildman–Crippen MR) is 54.1 cm³/mol. The van der Waals surface area contributed by atoms with E-state index in [4.69, 9.17) is 12.2 Å². The first-order valence-electron chi connectivity index (χ1n) is 3.95. The van der Waals surface area contributed by atoms with E-state index < -0.39 is 0 Å². The van der Waals surface area contributed by atoms with Crippen molar-refractivity contribution in [1.82, 2.24) is 9.55 Å². The summed E-state index contributed by atoms with van der Waals surface area (Å²) in [6.07, 6.45) is 1.68. The van der Waals surface area contributed by atoms with Crippen LogP contribution in [-0.4, -0.2) is 9.55 Å². The molecule has 4 heteroatoms. The maximum absolute atomic E-state index is 11.3. The molecule has 0 bridgehead atoms.